The van der Waals surface area contributed by atoms with Gasteiger partial charge in [-0.05, 0) is 38.1 Å². The fraction of sp³-hybridized carbons (Fsp3) is 0.263. The molecule has 2 N–H and O–H groups in total. The van der Waals surface area contributed by atoms with E-state index >= 15 is 0 Å². The predicted octanol–water partition coefficient (Wildman–Crippen LogP) is 4.32. The number of alkyl halides is 3. The average Bonchev–Trinajstić information content (AvgIpc) is 2.61. The number of carbonyl (C=O) groups is 2. The second-order valence-electron chi connectivity index (χ2n) is 6.28. The number of hydrogen-bond donors (Lipinski definition) is 2. The molecule has 0 fully saturated rings. The lowest BCUT2D eigenvalue weighted by Crippen LogP contribution is -2.42. The molecule has 2 rings (SSSR count). The number of anilines is 2. The summed E-state index contributed by atoms with van der Waals surface area (Å²) in [5, 5.41) is 4.77. The van der Waals surface area contributed by atoms with Gasteiger partial charge in [0.25, 0.3) is 0 Å². The van der Waals surface area contributed by atoms with E-state index in [9.17, 15) is 22.8 Å². The molecular weight excluding hydrogens is 361 g/mol. The van der Waals surface area contributed by atoms with Gasteiger partial charge in [-0.2, -0.15) is 13.2 Å². The van der Waals surface area contributed by atoms with Gasteiger partial charge in [0.1, 0.15) is 11.2 Å². The van der Waals surface area contributed by atoms with Gasteiger partial charge >= 0.3 is 6.18 Å². The lowest BCUT2D eigenvalue weighted by molar-refractivity contribution is -0.137. The fourth-order valence-corrected chi connectivity index (χ4v) is 2.25. The first-order valence-corrected chi connectivity index (χ1v) is 7.99. The fourth-order valence-electron chi connectivity index (χ4n) is 2.25. The average molecular weight is 380 g/mol. The lowest BCUT2D eigenvalue weighted by atomic mass is 9.90. The maximum atomic E-state index is 13.1. The predicted molar refractivity (Wildman–Crippen MR) is 95.5 cm³/mol. The number of para-hydroxylation sites is 3. The molecule has 0 heterocycles. The number of ether oxygens (including phenoxy) is 1. The van der Waals surface area contributed by atoms with Gasteiger partial charge in [0.2, 0.25) is 11.8 Å². The lowest BCUT2D eigenvalue weighted by Gasteiger charge is -2.24. The number of methoxy groups -OCH3 is 1. The Hall–Kier alpha value is -3.03. The number of rotatable bonds is 5. The smallest absolute Gasteiger partial charge is 0.418 e. The van der Waals surface area contributed by atoms with Crippen molar-refractivity contribution < 1.29 is 27.5 Å². The number of hydrogen-bond acceptors (Lipinski definition) is 3. The SMILES string of the molecule is COc1ccccc1NC(=O)C(C)(C)C(=O)Nc1ccccc1C(F)(F)F. The monoisotopic (exact) mass is 380 g/mol. The van der Waals surface area contributed by atoms with Gasteiger partial charge < -0.3 is 15.4 Å². The van der Waals surface area contributed by atoms with E-state index in [0.29, 0.717) is 11.4 Å². The summed E-state index contributed by atoms with van der Waals surface area (Å²) in [5.41, 5.74) is -2.69. The summed E-state index contributed by atoms with van der Waals surface area (Å²) in [5.74, 6) is -1.16. The highest BCUT2D eigenvalue weighted by Crippen LogP contribution is 2.35. The van der Waals surface area contributed by atoms with Crippen LogP contribution in [0.1, 0.15) is 19.4 Å². The van der Waals surface area contributed by atoms with Crippen LogP contribution in [0.5, 0.6) is 5.75 Å². The first-order chi connectivity index (χ1) is 12.6. The van der Waals surface area contributed by atoms with Crippen molar-refractivity contribution >= 4 is 23.2 Å². The summed E-state index contributed by atoms with van der Waals surface area (Å²) in [6, 6.07) is 11.2. The molecule has 2 aromatic rings. The van der Waals surface area contributed by atoms with E-state index in [1.165, 1.54) is 33.1 Å². The first kappa shape index (κ1) is 20.3. The number of carbonyl (C=O) groups excluding carboxylic acids is 2. The zero-order valence-electron chi connectivity index (χ0n) is 15.0. The molecule has 2 amide bonds. The van der Waals surface area contributed by atoms with E-state index < -0.39 is 34.7 Å². The van der Waals surface area contributed by atoms with E-state index in [-0.39, 0.29) is 0 Å². The molecule has 2 aromatic carbocycles. The number of benzene rings is 2. The third kappa shape index (κ3) is 4.58. The van der Waals surface area contributed by atoms with Gasteiger partial charge in [-0.3, -0.25) is 9.59 Å². The van der Waals surface area contributed by atoms with E-state index in [0.717, 1.165) is 12.1 Å². The summed E-state index contributed by atoms with van der Waals surface area (Å²) in [7, 11) is 1.43. The summed E-state index contributed by atoms with van der Waals surface area (Å²) < 4.78 is 44.4. The van der Waals surface area contributed by atoms with Crippen LogP contribution in [0.2, 0.25) is 0 Å². The highest BCUT2D eigenvalue weighted by atomic mass is 19.4. The van der Waals surface area contributed by atoms with Crippen LogP contribution < -0.4 is 15.4 Å². The largest absolute Gasteiger partial charge is 0.495 e. The molecule has 144 valence electrons. The van der Waals surface area contributed by atoms with Crippen molar-refractivity contribution in [3.05, 3.63) is 54.1 Å². The van der Waals surface area contributed by atoms with E-state index in [1.807, 2.05) is 0 Å². The minimum atomic E-state index is -4.63. The van der Waals surface area contributed by atoms with Crippen molar-refractivity contribution in [1.29, 1.82) is 0 Å². The molecule has 27 heavy (non-hydrogen) atoms. The summed E-state index contributed by atoms with van der Waals surface area (Å²) in [6.45, 7) is 2.65. The molecule has 0 aromatic heterocycles. The molecule has 0 saturated carbocycles. The maximum Gasteiger partial charge on any atom is 0.418 e. The van der Waals surface area contributed by atoms with Crippen molar-refractivity contribution in [1.82, 2.24) is 0 Å². The van der Waals surface area contributed by atoms with Crippen LogP contribution in [0.25, 0.3) is 0 Å². The number of amides is 2. The van der Waals surface area contributed by atoms with Gasteiger partial charge in [-0.25, -0.2) is 0 Å². The molecule has 0 radical (unpaired) electrons. The molecular formula is C19H19F3N2O3. The normalized spacial score (nSPS) is 11.6. The topological polar surface area (TPSA) is 67.4 Å². The third-order valence-corrected chi connectivity index (χ3v) is 3.97. The molecule has 8 heteroatoms. The standard InChI is InChI=1S/C19H19F3N2O3/c1-18(2,17(26)24-14-10-6-7-11-15(14)27-3)16(25)23-13-9-5-4-8-12(13)19(20,21)22/h4-11H,1-3H3,(H,23,25)(H,24,26). The van der Waals surface area contributed by atoms with Gasteiger partial charge in [-0.1, -0.05) is 24.3 Å². The molecule has 0 saturated heterocycles. The van der Waals surface area contributed by atoms with Crippen LogP contribution in [-0.2, 0) is 15.8 Å². The summed E-state index contributed by atoms with van der Waals surface area (Å²) >= 11 is 0. The van der Waals surface area contributed by atoms with Crippen LogP contribution in [0.15, 0.2) is 48.5 Å². The molecule has 0 aliphatic heterocycles. The Labute approximate surface area is 154 Å². The Morgan fingerprint density at radius 1 is 0.852 bits per heavy atom. The minimum absolute atomic E-state index is 0.349. The van der Waals surface area contributed by atoms with Crippen molar-refractivity contribution in [3.63, 3.8) is 0 Å². The highest BCUT2D eigenvalue weighted by Gasteiger charge is 2.39. The van der Waals surface area contributed by atoms with Crippen molar-refractivity contribution in [2.24, 2.45) is 5.41 Å². The van der Waals surface area contributed by atoms with Gasteiger partial charge in [0.15, 0.2) is 0 Å². The second-order valence-corrected chi connectivity index (χ2v) is 6.28. The first-order valence-electron chi connectivity index (χ1n) is 7.99. The maximum absolute atomic E-state index is 13.1. The quantitative estimate of drug-likeness (QED) is 0.760. The Morgan fingerprint density at radius 3 is 1.89 bits per heavy atom. The van der Waals surface area contributed by atoms with Crippen molar-refractivity contribution in [2.45, 2.75) is 20.0 Å². The van der Waals surface area contributed by atoms with Crippen molar-refractivity contribution in [2.75, 3.05) is 17.7 Å². The molecule has 0 atom stereocenters. The molecule has 0 bridgehead atoms. The summed E-state index contributed by atoms with van der Waals surface area (Å²) in [6.07, 6.45) is -4.63. The molecule has 5 nitrogen and oxygen atoms in total. The molecule has 0 aliphatic carbocycles. The second kappa shape index (κ2) is 7.69. The van der Waals surface area contributed by atoms with Crippen molar-refractivity contribution in [3.8, 4) is 5.75 Å². The van der Waals surface area contributed by atoms with Gasteiger partial charge in [0, 0.05) is 0 Å². The Kier molecular flexibility index (Phi) is 5.78. The van der Waals surface area contributed by atoms with Gasteiger partial charge in [-0.15, -0.1) is 0 Å². The zero-order valence-corrected chi connectivity index (χ0v) is 15.0. The van der Waals surface area contributed by atoms with E-state index in [1.54, 1.807) is 24.3 Å². The van der Waals surface area contributed by atoms with E-state index in [2.05, 4.69) is 10.6 Å². The highest BCUT2D eigenvalue weighted by molar-refractivity contribution is 6.14. The Balaban J connectivity index is 2.21. The van der Waals surface area contributed by atoms with Crippen LogP contribution in [0.4, 0.5) is 24.5 Å². The zero-order chi connectivity index (χ0) is 20.2. The molecule has 0 aliphatic rings. The van der Waals surface area contributed by atoms with Crippen LogP contribution in [0.3, 0.4) is 0 Å². The van der Waals surface area contributed by atoms with Crippen LogP contribution in [-0.4, -0.2) is 18.9 Å². The number of halogens is 3. The summed E-state index contributed by atoms with van der Waals surface area (Å²) in [4.78, 5) is 25.1. The Bertz CT molecular complexity index is 848. The van der Waals surface area contributed by atoms with Crippen LogP contribution >= 0.6 is 0 Å². The third-order valence-electron chi connectivity index (χ3n) is 3.97. The van der Waals surface area contributed by atoms with Crippen LogP contribution in [0, 0.1) is 5.41 Å². The van der Waals surface area contributed by atoms with Gasteiger partial charge in [0.05, 0.1) is 24.0 Å². The molecule has 0 spiro atoms. The number of nitrogens with one attached hydrogen (secondary N) is 2. The Morgan fingerprint density at radius 2 is 1.33 bits per heavy atom. The van der Waals surface area contributed by atoms with E-state index in [4.69, 9.17) is 4.74 Å². The molecule has 0 unspecified atom stereocenters. The minimum Gasteiger partial charge on any atom is -0.495 e.